The number of hydrogen-bond acceptors (Lipinski definition) is 5. The van der Waals surface area contributed by atoms with Gasteiger partial charge in [0.05, 0.1) is 0 Å². The quantitative estimate of drug-likeness (QED) is 0.161. The molecule has 0 saturated carbocycles. The summed E-state index contributed by atoms with van der Waals surface area (Å²) in [6.07, 6.45) is 0. The van der Waals surface area contributed by atoms with Crippen LogP contribution in [0.15, 0.2) is 221 Å². The molecule has 3 aromatic heterocycles. The van der Waals surface area contributed by atoms with Crippen molar-refractivity contribution in [2.45, 2.75) is 0 Å². The summed E-state index contributed by atoms with van der Waals surface area (Å²) in [7, 11) is 0. The van der Waals surface area contributed by atoms with Crippen molar-refractivity contribution in [2.75, 3.05) is 0 Å². The van der Waals surface area contributed by atoms with Gasteiger partial charge in [-0.25, -0.2) is 15.0 Å². The normalized spacial score (nSPS) is 11.5. The molecule has 290 valence electrons. The Kier molecular flexibility index (Phi) is 8.42. The number of fused-ring (bicyclic) bond motifs is 6. The predicted octanol–water partition coefficient (Wildman–Crippen LogP) is 15.3. The number of para-hydroxylation sites is 2. The van der Waals surface area contributed by atoms with E-state index in [1.165, 1.54) is 0 Å². The lowest BCUT2D eigenvalue weighted by atomic mass is 9.93. The van der Waals surface area contributed by atoms with Crippen molar-refractivity contribution in [1.29, 1.82) is 0 Å². The minimum absolute atomic E-state index is 0.567. The summed E-state index contributed by atoms with van der Waals surface area (Å²) in [5.41, 5.74) is 14.6. The van der Waals surface area contributed by atoms with Crippen LogP contribution in [0.2, 0.25) is 0 Å². The van der Waals surface area contributed by atoms with Crippen LogP contribution in [-0.2, 0) is 0 Å². The van der Waals surface area contributed by atoms with Crippen LogP contribution < -0.4 is 0 Å². The summed E-state index contributed by atoms with van der Waals surface area (Å²) < 4.78 is 12.8. The standard InChI is InChI=1S/C57H35N3O2/c1-3-14-36(15-4-1)38-18-11-20-41(30-38)55-58-56(42-21-12-19-39(31-42)37-16-5-2-6-17-37)60-57(59-55)45-33-43(40-28-29-48-47-22-7-9-25-50(47)62-53(48)35-40)32-44(34-45)46-24-13-27-52-54(46)49-23-8-10-26-51(49)61-52/h1-35H. The van der Waals surface area contributed by atoms with Gasteiger partial charge in [-0.2, -0.15) is 0 Å². The van der Waals surface area contributed by atoms with E-state index in [0.717, 1.165) is 105 Å². The molecular formula is C57H35N3O2. The van der Waals surface area contributed by atoms with Gasteiger partial charge in [0.1, 0.15) is 22.3 Å². The van der Waals surface area contributed by atoms with Gasteiger partial charge in [0.25, 0.3) is 0 Å². The van der Waals surface area contributed by atoms with E-state index in [-0.39, 0.29) is 0 Å². The van der Waals surface area contributed by atoms with E-state index >= 15 is 0 Å². The lowest BCUT2D eigenvalue weighted by Gasteiger charge is -2.14. The average molecular weight is 794 g/mol. The molecule has 0 fully saturated rings. The summed E-state index contributed by atoms with van der Waals surface area (Å²) in [6.45, 7) is 0. The molecule has 0 aliphatic rings. The van der Waals surface area contributed by atoms with E-state index in [1.807, 2.05) is 48.5 Å². The van der Waals surface area contributed by atoms with Gasteiger partial charge in [0.2, 0.25) is 0 Å². The number of hydrogen-bond donors (Lipinski definition) is 0. The van der Waals surface area contributed by atoms with Crippen molar-refractivity contribution in [2.24, 2.45) is 0 Å². The van der Waals surface area contributed by atoms with Crippen LogP contribution >= 0.6 is 0 Å². The molecule has 12 rings (SSSR count). The van der Waals surface area contributed by atoms with Crippen molar-refractivity contribution >= 4 is 43.9 Å². The number of rotatable bonds is 7. The Bertz CT molecular complexity index is 3540. The number of benzene rings is 9. The lowest BCUT2D eigenvalue weighted by Crippen LogP contribution is -2.01. The van der Waals surface area contributed by atoms with Crippen LogP contribution in [-0.4, -0.2) is 15.0 Å². The summed E-state index contributed by atoms with van der Waals surface area (Å²) in [5, 5.41) is 4.30. The van der Waals surface area contributed by atoms with Crippen LogP contribution in [0.1, 0.15) is 0 Å². The predicted molar refractivity (Wildman–Crippen MR) is 252 cm³/mol. The minimum atomic E-state index is 0.567. The van der Waals surface area contributed by atoms with Gasteiger partial charge in [0, 0.05) is 38.2 Å². The van der Waals surface area contributed by atoms with E-state index in [9.17, 15) is 0 Å². The van der Waals surface area contributed by atoms with E-state index in [4.69, 9.17) is 23.8 Å². The van der Waals surface area contributed by atoms with Crippen molar-refractivity contribution in [3.63, 3.8) is 0 Å². The third-order valence-electron chi connectivity index (χ3n) is 11.7. The van der Waals surface area contributed by atoms with Gasteiger partial charge in [-0.15, -0.1) is 0 Å². The van der Waals surface area contributed by atoms with Gasteiger partial charge in [-0.05, 0) is 105 Å². The molecular weight excluding hydrogens is 759 g/mol. The molecule has 3 heterocycles. The number of nitrogens with zero attached hydrogens (tertiary/aromatic N) is 3. The van der Waals surface area contributed by atoms with E-state index < -0.39 is 0 Å². The molecule has 0 aliphatic carbocycles. The van der Waals surface area contributed by atoms with E-state index in [1.54, 1.807) is 0 Å². The molecule has 62 heavy (non-hydrogen) atoms. The molecule has 0 bridgehead atoms. The van der Waals surface area contributed by atoms with Gasteiger partial charge in [-0.1, -0.05) is 152 Å². The first-order chi connectivity index (χ1) is 30.7. The molecule has 0 aliphatic heterocycles. The highest BCUT2D eigenvalue weighted by atomic mass is 16.3. The second-order valence-electron chi connectivity index (χ2n) is 15.6. The Morgan fingerprint density at radius 2 is 0.677 bits per heavy atom. The first-order valence-electron chi connectivity index (χ1n) is 20.7. The largest absolute Gasteiger partial charge is 0.456 e. The number of furan rings is 2. The molecule has 5 heteroatoms. The topological polar surface area (TPSA) is 65.0 Å². The molecule has 0 amide bonds. The maximum absolute atomic E-state index is 6.41. The fourth-order valence-corrected chi connectivity index (χ4v) is 8.70. The highest BCUT2D eigenvalue weighted by Gasteiger charge is 2.19. The Balaban J connectivity index is 1.10. The van der Waals surface area contributed by atoms with Crippen LogP contribution in [0.4, 0.5) is 0 Å². The maximum atomic E-state index is 6.41. The van der Waals surface area contributed by atoms with Gasteiger partial charge in [-0.3, -0.25) is 0 Å². The molecule has 0 radical (unpaired) electrons. The Morgan fingerprint density at radius 3 is 1.35 bits per heavy atom. The second kappa shape index (κ2) is 14.7. The molecule has 0 unspecified atom stereocenters. The lowest BCUT2D eigenvalue weighted by molar-refractivity contribution is 0.668. The SMILES string of the molecule is c1ccc(-c2cccc(-c3nc(-c4cccc(-c5ccccc5)c4)nc(-c4cc(-c5ccc6c(c5)oc5ccccc56)cc(-c5cccc6oc7ccccc7c56)c4)n3)c2)cc1. The first kappa shape index (κ1) is 35.5. The van der Waals surface area contributed by atoms with Crippen molar-refractivity contribution in [3.05, 3.63) is 212 Å². The third-order valence-corrected chi connectivity index (χ3v) is 11.7. The average Bonchev–Trinajstić information content (AvgIpc) is 3.93. The zero-order valence-electron chi connectivity index (χ0n) is 33.4. The molecule has 5 nitrogen and oxygen atoms in total. The van der Waals surface area contributed by atoms with Crippen molar-refractivity contribution in [1.82, 2.24) is 15.0 Å². The monoisotopic (exact) mass is 793 g/mol. The minimum Gasteiger partial charge on any atom is -0.456 e. The Hall–Kier alpha value is -8.41. The van der Waals surface area contributed by atoms with E-state index in [0.29, 0.717) is 17.5 Å². The summed E-state index contributed by atoms with van der Waals surface area (Å²) >= 11 is 0. The molecule has 9 aromatic carbocycles. The van der Waals surface area contributed by atoms with Crippen LogP contribution in [0, 0.1) is 0 Å². The zero-order valence-corrected chi connectivity index (χ0v) is 33.4. The summed E-state index contributed by atoms with van der Waals surface area (Å²) in [5.74, 6) is 1.75. The van der Waals surface area contributed by atoms with E-state index in [2.05, 4.69) is 164 Å². The zero-order chi connectivity index (χ0) is 41.0. The molecule has 0 N–H and O–H groups in total. The molecule has 12 aromatic rings. The molecule has 0 spiro atoms. The molecule has 0 saturated heterocycles. The second-order valence-corrected chi connectivity index (χ2v) is 15.6. The smallest absolute Gasteiger partial charge is 0.164 e. The fraction of sp³-hybridized carbons (Fsp3) is 0. The first-order valence-corrected chi connectivity index (χ1v) is 20.7. The Labute approximate surface area is 357 Å². The van der Waals surface area contributed by atoms with Gasteiger partial charge >= 0.3 is 0 Å². The van der Waals surface area contributed by atoms with Crippen LogP contribution in [0.5, 0.6) is 0 Å². The van der Waals surface area contributed by atoms with Crippen LogP contribution in [0.3, 0.4) is 0 Å². The molecule has 0 atom stereocenters. The number of aromatic nitrogens is 3. The van der Waals surface area contributed by atoms with Crippen molar-refractivity contribution < 1.29 is 8.83 Å². The van der Waals surface area contributed by atoms with Crippen LogP contribution in [0.25, 0.3) is 123 Å². The van der Waals surface area contributed by atoms with Gasteiger partial charge in [0.15, 0.2) is 17.5 Å². The highest BCUT2D eigenvalue weighted by molar-refractivity contribution is 6.13. The maximum Gasteiger partial charge on any atom is 0.164 e. The van der Waals surface area contributed by atoms with Gasteiger partial charge < -0.3 is 8.83 Å². The van der Waals surface area contributed by atoms with Crippen molar-refractivity contribution in [3.8, 4) is 78.7 Å². The highest BCUT2D eigenvalue weighted by Crippen LogP contribution is 2.41. The fourth-order valence-electron chi connectivity index (χ4n) is 8.70. The third kappa shape index (κ3) is 6.32. The summed E-state index contributed by atoms with van der Waals surface area (Å²) in [4.78, 5) is 15.8. The Morgan fingerprint density at radius 1 is 0.242 bits per heavy atom. The summed E-state index contributed by atoms with van der Waals surface area (Å²) in [6, 6.07) is 73.4.